The summed E-state index contributed by atoms with van der Waals surface area (Å²) in [4.78, 5) is 2.43. The number of benzene rings is 1. The Bertz CT molecular complexity index is 440. The van der Waals surface area contributed by atoms with Gasteiger partial charge in [-0.2, -0.15) is 0 Å². The first kappa shape index (κ1) is 20.9. The minimum Gasteiger partial charge on any atom is -0.314 e. The lowest BCUT2D eigenvalue weighted by atomic mass is 9.99. The second kappa shape index (κ2) is 10.6. The van der Waals surface area contributed by atoms with E-state index in [4.69, 9.17) is 0 Å². The number of piperazine rings is 1. The van der Waals surface area contributed by atoms with Gasteiger partial charge in [-0.3, -0.25) is 4.90 Å². The SMILES string of the molecule is C=CCC[C@H](c1cccc(F)c1Br)N1CCNCC1.Cl.Cl. The third kappa shape index (κ3) is 5.53. The molecule has 0 spiro atoms. The molecule has 21 heavy (non-hydrogen) atoms. The fourth-order valence-electron chi connectivity index (χ4n) is 2.58. The van der Waals surface area contributed by atoms with Crippen LogP contribution in [0.1, 0.15) is 24.4 Å². The lowest BCUT2D eigenvalue weighted by molar-refractivity contribution is 0.165. The quantitative estimate of drug-likeness (QED) is 0.740. The van der Waals surface area contributed by atoms with E-state index in [1.807, 2.05) is 12.1 Å². The number of halogens is 4. The molecule has 0 radical (unpaired) electrons. The zero-order valence-electron chi connectivity index (χ0n) is 11.9. The summed E-state index contributed by atoms with van der Waals surface area (Å²) in [6.07, 6.45) is 3.85. The third-order valence-corrected chi connectivity index (χ3v) is 4.41. The molecule has 2 nitrogen and oxygen atoms in total. The van der Waals surface area contributed by atoms with Crippen LogP contribution in [0, 0.1) is 5.82 Å². The van der Waals surface area contributed by atoms with Crippen molar-refractivity contribution in [3.63, 3.8) is 0 Å². The molecule has 0 saturated carbocycles. The summed E-state index contributed by atoms with van der Waals surface area (Å²) in [5.41, 5.74) is 1.05. The van der Waals surface area contributed by atoms with E-state index < -0.39 is 0 Å². The highest BCUT2D eigenvalue weighted by Crippen LogP contribution is 2.33. The molecule has 1 saturated heterocycles. The van der Waals surface area contributed by atoms with Crippen molar-refractivity contribution in [1.29, 1.82) is 0 Å². The molecule has 1 aliphatic heterocycles. The van der Waals surface area contributed by atoms with Crippen LogP contribution >= 0.6 is 40.7 Å². The van der Waals surface area contributed by atoms with Crippen molar-refractivity contribution >= 4 is 40.7 Å². The van der Waals surface area contributed by atoms with E-state index in [2.05, 4.69) is 32.7 Å². The summed E-state index contributed by atoms with van der Waals surface area (Å²) in [7, 11) is 0. The first-order chi connectivity index (χ1) is 9.24. The van der Waals surface area contributed by atoms with Gasteiger partial charge >= 0.3 is 0 Å². The summed E-state index contributed by atoms with van der Waals surface area (Å²) < 4.78 is 14.3. The van der Waals surface area contributed by atoms with Crippen LogP contribution in [0.25, 0.3) is 0 Å². The Morgan fingerprint density at radius 3 is 2.62 bits per heavy atom. The van der Waals surface area contributed by atoms with Gasteiger partial charge in [0.25, 0.3) is 0 Å². The van der Waals surface area contributed by atoms with E-state index in [-0.39, 0.29) is 36.7 Å². The van der Waals surface area contributed by atoms with Crippen molar-refractivity contribution in [3.8, 4) is 0 Å². The predicted octanol–water partition coefficient (Wildman–Crippen LogP) is 4.34. The van der Waals surface area contributed by atoms with Crippen molar-refractivity contribution in [2.75, 3.05) is 26.2 Å². The molecule has 1 aliphatic rings. The monoisotopic (exact) mass is 398 g/mol. The summed E-state index contributed by atoms with van der Waals surface area (Å²) in [5, 5.41) is 3.36. The Morgan fingerprint density at radius 1 is 1.33 bits per heavy atom. The molecule has 0 aromatic heterocycles. The van der Waals surface area contributed by atoms with Crippen LogP contribution in [0.4, 0.5) is 4.39 Å². The van der Waals surface area contributed by atoms with Gasteiger partial charge in [0.05, 0.1) is 4.47 Å². The van der Waals surface area contributed by atoms with Crippen LogP contribution < -0.4 is 5.32 Å². The molecule has 2 rings (SSSR count). The van der Waals surface area contributed by atoms with Gasteiger partial charge in [-0.05, 0) is 40.4 Å². The van der Waals surface area contributed by atoms with Crippen LogP contribution in [0.15, 0.2) is 35.3 Å². The number of nitrogens with one attached hydrogen (secondary N) is 1. The molecule has 1 N–H and O–H groups in total. The lowest BCUT2D eigenvalue weighted by Gasteiger charge is -2.35. The summed E-state index contributed by atoms with van der Waals surface area (Å²) in [6.45, 7) is 7.80. The van der Waals surface area contributed by atoms with E-state index in [1.54, 1.807) is 6.07 Å². The molecular weight excluding hydrogens is 378 g/mol. The Morgan fingerprint density at radius 2 is 2.00 bits per heavy atom. The molecule has 120 valence electrons. The minimum atomic E-state index is -0.184. The molecule has 1 fully saturated rings. The van der Waals surface area contributed by atoms with Gasteiger partial charge in [0, 0.05) is 32.2 Å². The number of rotatable bonds is 5. The Kier molecular flexibility index (Phi) is 10.5. The smallest absolute Gasteiger partial charge is 0.137 e. The number of hydrogen-bond donors (Lipinski definition) is 1. The van der Waals surface area contributed by atoms with Crippen molar-refractivity contribution in [3.05, 3.63) is 46.7 Å². The average Bonchev–Trinajstić information content (AvgIpc) is 2.45. The van der Waals surface area contributed by atoms with E-state index >= 15 is 0 Å². The van der Waals surface area contributed by atoms with Crippen molar-refractivity contribution in [1.82, 2.24) is 10.2 Å². The molecular formula is C15H22BrCl2FN2. The molecule has 0 bridgehead atoms. The third-order valence-electron chi connectivity index (χ3n) is 3.58. The maximum Gasteiger partial charge on any atom is 0.137 e. The molecule has 6 heteroatoms. The van der Waals surface area contributed by atoms with E-state index in [0.29, 0.717) is 4.47 Å². The maximum absolute atomic E-state index is 13.7. The predicted molar refractivity (Wildman–Crippen MR) is 95.2 cm³/mol. The van der Waals surface area contributed by atoms with Crippen molar-refractivity contribution in [2.45, 2.75) is 18.9 Å². The zero-order valence-corrected chi connectivity index (χ0v) is 15.1. The highest BCUT2D eigenvalue weighted by Gasteiger charge is 2.24. The van der Waals surface area contributed by atoms with Gasteiger partial charge in [-0.15, -0.1) is 31.4 Å². The van der Waals surface area contributed by atoms with E-state index in [9.17, 15) is 4.39 Å². The first-order valence-corrected chi connectivity index (χ1v) is 7.53. The Balaban J connectivity index is 0.00000200. The van der Waals surface area contributed by atoms with Crippen molar-refractivity contribution in [2.24, 2.45) is 0 Å². The molecule has 0 amide bonds. The highest BCUT2D eigenvalue weighted by atomic mass is 79.9. The zero-order chi connectivity index (χ0) is 13.7. The fourth-order valence-corrected chi connectivity index (χ4v) is 3.11. The lowest BCUT2D eigenvalue weighted by Crippen LogP contribution is -2.45. The Labute approximate surface area is 147 Å². The summed E-state index contributed by atoms with van der Waals surface area (Å²) in [5.74, 6) is -0.184. The number of nitrogens with zero attached hydrogens (tertiary/aromatic N) is 1. The molecule has 1 aromatic rings. The first-order valence-electron chi connectivity index (χ1n) is 6.73. The second-order valence-electron chi connectivity index (χ2n) is 4.81. The van der Waals surface area contributed by atoms with Gasteiger partial charge in [-0.1, -0.05) is 18.2 Å². The minimum absolute atomic E-state index is 0. The Hall–Kier alpha value is -0.130. The van der Waals surface area contributed by atoms with E-state index in [1.165, 1.54) is 6.07 Å². The fraction of sp³-hybridized carbons (Fsp3) is 0.467. The van der Waals surface area contributed by atoms with Crippen molar-refractivity contribution < 1.29 is 4.39 Å². The number of allylic oxidation sites excluding steroid dienone is 1. The maximum atomic E-state index is 13.7. The van der Waals surface area contributed by atoms with Crippen LogP contribution in [-0.2, 0) is 0 Å². The second-order valence-corrected chi connectivity index (χ2v) is 5.60. The average molecular weight is 400 g/mol. The summed E-state index contributed by atoms with van der Waals surface area (Å²) >= 11 is 3.40. The molecule has 0 aliphatic carbocycles. The summed E-state index contributed by atoms with van der Waals surface area (Å²) in [6, 6.07) is 5.56. The molecule has 1 atom stereocenters. The van der Waals surface area contributed by atoms with Crippen LogP contribution in [0.5, 0.6) is 0 Å². The highest BCUT2D eigenvalue weighted by molar-refractivity contribution is 9.10. The van der Waals surface area contributed by atoms with Crippen LogP contribution in [-0.4, -0.2) is 31.1 Å². The topological polar surface area (TPSA) is 15.3 Å². The molecule has 0 unspecified atom stereocenters. The van der Waals surface area contributed by atoms with Crippen LogP contribution in [0.2, 0.25) is 0 Å². The normalized spacial score (nSPS) is 16.5. The largest absolute Gasteiger partial charge is 0.314 e. The van der Waals surface area contributed by atoms with Gasteiger partial charge in [0.2, 0.25) is 0 Å². The molecule has 1 heterocycles. The van der Waals surface area contributed by atoms with Gasteiger partial charge in [0.1, 0.15) is 5.82 Å². The standard InChI is InChI=1S/C15H20BrFN2.2ClH/c1-2-3-7-14(19-10-8-18-9-11-19)12-5-4-6-13(17)15(12)16;;/h2,4-6,14,18H,1,3,7-11H2;2*1H/t14-;;/m1../s1. The van der Waals surface area contributed by atoms with Gasteiger partial charge in [0.15, 0.2) is 0 Å². The van der Waals surface area contributed by atoms with Gasteiger partial charge in [-0.25, -0.2) is 4.39 Å². The molecule has 1 aromatic carbocycles. The van der Waals surface area contributed by atoms with Gasteiger partial charge < -0.3 is 5.32 Å². The number of hydrogen-bond acceptors (Lipinski definition) is 2. The van der Waals surface area contributed by atoms with Crippen LogP contribution in [0.3, 0.4) is 0 Å². The van der Waals surface area contributed by atoms with E-state index in [0.717, 1.165) is 44.6 Å².